The number of carbonyl (C=O) groups excluding carboxylic acids is 2. The van der Waals surface area contributed by atoms with Crippen molar-refractivity contribution in [3.63, 3.8) is 0 Å². The zero-order valence-electron chi connectivity index (χ0n) is 15.1. The third-order valence-electron chi connectivity index (χ3n) is 3.92. The van der Waals surface area contributed by atoms with Gasteiger partial charge in [0.25, 0.3) is 0 Å². The maximum Gasteiger partial charge on any atom is 0.387 e. The molecule has 7 heteroatoms. The van der Waals surface area contributed by atoms with Crippen LogP contribution in [0.25, 0.3) is 0 Å². The number of halogens is 2. The first-order chi connectivity index (χ1) is 12.9. The number of nitrogens with one attached hydrogen (secondary N) is 1. The van der Waals surface area contributed by atoms with Crippen molar-refractivity contribution in [2.45, 2.75) is 26.4 Å². The lowest BCUT2D eigenvalue weighted by molar-refractivity contribution is -0.120. The van der Waals surface area contributed by atoms with Crippen LogP contribution < -0.4 is 14.8 Å². The molecule has 5 nitrogen and oxygen atoms in total. The normalized spacial score (nSPS) is 10.6. The minimum absolute atomic E-state index is 0.0846. The maximum absolute atomic E-state index is 12.2. The number of carbonyl (C=O) groups is 2. The van der Waals surface area contributed by atoms with Gasteiger partial charge in [-0.1, -0.05) is 12.1 Å². The summed E-state index contributed by atoms with van der Waals surface area (Å²) in [5.74, 6) is 0.352. The summed E-state index contributed by atoms with van der Waals surface area (Å²) in [4.78, 5) is 23.7. The van der Waals surface area contributed by atoms with Crippen LogP contribution in [0.1, 0.15) is 28.4 Å². The summed E-state index contributed by atoms with van der Waals surface area (Å²) in [5, 5.41) is 2.80. The molecular weight excluding hydrogens is 356 g/mol. The standard InChI is InChI=1S/C20H21F2NO4/c1-13(24)15-5-8-18(26-2)16(11-15)12-19(25)23-10-9-14-3-6-17(7-4-14)27-20(21)22/h3-8,11,20H,9-10,12H2,1-2H3,(H,23,25). The Hall–Kier alpha value is -2.96. The lowest BCUT2D eigenvalue weighted by Gasteiger charge is -2.11. The quantitative estimate of drug-likeness (QED) is 0.681. The molecule has 0 heterocycles. The third kappa shape index (κ3) is 6.36. The molecule has 0 unspecified atom stereocenters. The average molecular weight is 377 g/mol. The fourth-order valence-electron chi connectivity index (χ4n) is 2.56. The van der Waals surface area contributed by atoms with Crippen LogP contribution in [0.5, 0.6) is 11.5 Å². The van der Waals surface area contributed by atoms with Gasteiger partial charge in [-0.15, -0.1) is 0 Å². The van der Waals surface area contributed by atoms with E-state index < -0.39 is 6.61 Å². The summed E-state index contributed by atoms with van der Waals surface area (Å²) < 4.78 is 33.8. The summed E-state index contributed by atoms with van der Waals surface area (Å²) in [7, 11) is 1.51. The van der Waals surface area contributed by atoms with E-state index in [1.54, 1.807) is 30.3 Å². The summed E-state index contributed by atoms with van der Waals surface area (Å²) in [6.07, 6.45) is 0.636. The van der Waals surface area contributed by atoms with Crippen LogP contribution in [-0.2, 0) is 17.6 Å². The third-order valence-corrected chi connectivity index (χ3v) is 3.92. The highest BCUT2D eigenvalue weighted by Gasteiger charge is 2.11. The number of amides is 1. The van der Waals surface area contributed by atoms with Crippen molar-refractivity contribution in [1.82, 2.24) is 5.32 Å². The molecule has 0 aromatic heterocycles. The van der Waals surface area contributed by atoms with Gasteiger partial charge in [0, 0.05) is 17.7 Å². The van der Waals surface area contributed by atoms with Gasteiger partial charge in [0.05, 0.1) is 13.5 Å². The molecule has 2 aromatic carbocycles. The largest absolute Gasteiger partial charge is 0.496 e. The van der Waals surface area contributed by atoms with E-state index in [2.05, 4.69) is 10.1 Å². The molecule has 1 N–H and O–H groups in total. The molecule has 2 aromatic rings. The molecule has 1 amide bonds. The first kappa shape index (κ1) is 20.4. The highest BCUT2D eigenvalue weighted by atomic mass is 19.3. The predicted molar refractivity (Wildman–Crippen MR) is 96.5 cm³/mol. The van der Waals surface area contributed by atoms with Crippen molar-refractivity contribution < 1.29 is 27.8 Å². The van der Waals surface area contributed by atoms with E-state index in [-0.39, 0.29) is 23.9 Å². The fraction of sp³-hybridized carbons (Fsp3) is 0.300. The van der Waals surface area contributed by atoms with Gasteiger partial charge in [-0.05, 0) is 49.2 Å². The maximum atomic E-state index is 12.2. The second-order valence-electron chi connectivity index (χ2n) is 5.88. The number of rotatable bonds is 9. The van der Waals surface area contributed by atoms with E-state index in [4.69, 9.17) is 4.74 Å². The van der Waals surface area contributed by atoms with Crippen LogP contribution in [0.2, 0.25) is 0 Å². The molecule has 27 heavy (non-hydrogen) atoms. The summed E-state index contributed by atoms with van der Waals surface area (Å²) in [6, 6.07) is 11.2. The summed E-state index contributed by atoms with van der Waals surface area (Å²) in [5.41, 5.74) is 2.04. The number of hydrogen-bond donors (Lipinski definition) is 1. The molecule has 0 aliphatic heterocycles. The molecule has 0 bridgehead atoms. The van der Waals surface area contributed by atoms with Crippen LogP contribution in [0.4, 0.5) is 8.78 Å². The Morgan fingerprint density at radius 1 is 1.11 bits per heavy atom. The number of benzene rings is 2. The number of alkyl halides is 2. The lowest BCUT2D eigenvalue weighted by Crippen LogP contribution is -2.27. The van der Waals surface area contributed by atoms with E-state index in [1.807, 2.05) is 0 Å². The van der Waals surface area contributed by atoms with E-state index >= 15 is 0 Å². The first-order valence-electron chi connectivity index (χ1n) is 8.37. The van der Waals surface area contributed by atoms with Gasteiger partial charge in [-0.3, -0.25) is 9.59 Å². The molecule has 0 atom stereocenters. The van der Waals surface area contributed by atoms with Gasteiger partial charge in [0.1, 0.15) is 11.5 Å². The Bertz CT molecular complexity index is 791. The molecule has 0 aliphatic carbocycles. The Morgan fingerprint density at radius 3 is 2.41 bits per heavy atom. The number of hydrogen-bond acceptors (Lipinski definition) is 4. The van der Waals surface area contributed by atoms with Crippen molar-refractivity contribution in [1.29, 1.82) is 0 Å². The zero-order valence-corrected chi connectivity index (χ0v) is 15.1. The molecule has 0 spiro atoms. The van der Waals surface area contributed by atoms with E-state index in [1.165, 1.54) is 26.2 Å². The van der Waals surface area contributed by atoms with Crippen molar-refractivity contribution in [2.75, 3.05) is 13.7 Å². The van der Waals surface area contributed by atoms with Gasteiger partial charge in [0.15, 0.2) is 5.78 Å². The molecule has 0 saturated heterocycles. The molecule has 0 aliphatic rings. The highest BCUT2D eigenvalue weighted by molar-refractivity contribution is 5.94. The first-order valence-corrected chi connectivity index (χ1v) is 8.37. The Balaban J connectivity index is 1.87. The van der Waals surface area contributed by atoms with Crippen LogP contribution >= 0.6 is 0 Å². The highest BCUT2D eigenvalue weighted by Crippen LogP contribution is 2.21. The van der Waals surface area contributed by atoms with Crippen molar-refractivity contribution in [3.8, 4) is 11.5 Å². The van der Waals surface area contributed by atoms with Crippen molar-refractivity contribution >= 4 is 11.7 Å². The van der Waals surface area contributed by atoms with Gasteiger partial charge in [0.2, 0.25) is 5.91 Å². The summed E-state index contributed by atoms with van der Waals surface area (Å²) >= 11 is 0. The van der Waals surface area contributed by atoms with E-state index in [0.29, 0.717) is 29.8 Å². The smallest absolute Gasteiger partial charge is 0.387 e. The minimum Gasteiger partial charge on any atom is -0.496 e. The second-order valence-corrected chi connectivity index (χ2v) is 5.88. The summed E-state index contributed by atoms with van der Waals surface area (Å²) in [6.45, 7) is -1.00. The second kappa shape index (κ2) is 9.66. The zero-order chi connectivity index (χ0) is 19.8. The van der Waals surface area contributed by atoms with Crippen LogP contribution in [0.15, 0.2) is 42.5 Å². The van der Waals surface area contributed by atoms with E-state index in [0.717, 1.165) is 5.56 Å². The topological polar surface area (TPSA) is 64.6 Å². The number of Topliss-reactive ketones (excluding diaryl/α,β-unsaturated/α-hetero) is 1. The molecule has 0 fully saturated rings. The average Bonchev–Trinajstić information content (AvgIpc) is 2.62. The van der Waals surface area contributed by atoms with Gasteiger partial charge in [-0.25, -0.2) is 0 Å². The number of ketones is 1. The van der Waals surface area contributed by atoms with Gasteiger partial charge >= 0.3 is 6.61 Å². The Labute approximate surface area is 156 Å². The number of ether oxygens (including phenoxy) is 2. The van der Waals surface area contributed by atoms with Crippen LogP contribution in [-0.4, -0.2) is 32.0 Å². The van der Waals surface area contributed by atoms with E-state index in [9.17, 15) is 18.4 Å². The molecule has 2 rings (SSSR count). The molecule has 0 saturated carbocycles. The Kier molecular flexibility index (Phi) is 7.28. The molecular formula is C20H21F2NO4. The monoisotopic (exact) mass is 377 g/mol. The predicted octanol–water partition coefficient (Wildman–Crippen LogP) is 3.40. The van der Waals surface area contributed by atoms with Crippen LogP contribution in [0, 0.1) is 0 Å². The minimum atomic E-state index is -2.85. The van der Waals surface area contributed by atoms with Crippen molar-refractivity contribution in [2.24, 2.45) is 0 Å². The van der Waals surface area contributed by atoms with Gasteiger partial charge in [-0.2, -0.15) is 8.78 Å². The van der Waals surface area contributed by atoms with Crippen LogP contribution in [0.3, 0.4) is 0 Å². The molecule has 144 valence electrons. The fourth-order valence-corrected chi connectivity index (χ4v) is 2.56. The lowest BCUT2D eigenvalue weighted by atomic mass is 10.0. The van der Waals surface area contributed by atoms with Gasteiger partial charge < -0.3 is 14.8 Å². The Morgan fingerprint density at radius 2 is 1.81 bits per heavy atom. The SMILES string of the molecule is COc1ccc(C(C)=O)cc1CC(=O)NCCc1ccc(OC(F)F)cc1. The number of methoxy groups -OCH3 is 1. The van der Waals surface area contributed by atoms with Crippen molar-refractivity contribution in [3.05, 3.63) is 59.2 Å². The molecule has 0 radical (unpaired) electrons.